The van der Waals surface area contributed by atoms with Crippen LogP contribution in [0.25, 0.3) is 0 Å². The molecule has 1 unspecified atom stereocenters. The highest BCUT2D eigenvalue weighted by Crippen LogP contribution is 2.41. The van der Waals surface area contributed by atoms with Gasteiger partial charge in [-0.25, -0.2) is 0 Å². The van der Waals surface area contributed by atoms with Gasteiger partial charge in [-0.05, 0) is 66.0 Å². The van der Waals surface area contributed by atoms with Gasteiger partial charge in [-0.3, -0.25) is 0 Å². The Hall–Kier alpha value is -0.550. The predicted molar refractivity (Wildman–Crippen MR) is 93.0 cm³/mol. The zero-order chi connectivity index (χ0) is 15.0. The first kappa shape index (κ1) is 15.3. The van der Waals surface area contributed by atoms with Crippen LogP contribution in [0, 0.1) is 0 Å². The molecule has 1 aliphatic carbocycles. The van der Waals surface area contributed by atoms with Crippen LogP contribution >= 0.6 is 38.9 Å². The van der Waals surface area contributed by atoms with Gasteiger partial charge in [-0.15, -0.1) is 11.3 Å². The lowest BCUT2D eigenvalue weighted by Gasteiger charge is -2.20. The van der Waals surface area contributed by atoms with E-state index >= 15 is 0 Å². The Kier molecular flexibility index (Phi) is 4.60. The Morgan fingerprint density at radius 1 is 1.33 bits per heavy atom. The van der Waals surface area contributed by atoms with E-state index in [-0.39, 0.29) is 6.04 Å². The Morgan fingerprint density at radius 2 is 2.14 bits per heavy atom. The molecule has 0 spiro atoms. The van der Waals surface area contributed by atoms with E-state index in [0.717, 1.165) is 15.8 Å². The average Bonchev–Trinajstić information content (AvgIpc) is 3.00. The van der Waals surface area contributed by atoms with Crippen molar-refractivity contribution < 1.29 is 4.74 Å². The van der Waals surface area contributed by atoms with Crippen molar-refractivity contribution in [2.75, 3.05) is 14.2 Å². The van der Waals surface area contributed by atoms with E-state index in [1.54, 1.807) is 7.11 Å². The molecule has 2 nitrogen and oxygen atoms in total. The van der Waals surface area contributed by atoms with Crippen LogP contribution in [0.1, 0.15) is 33.3 Å². The summed E-state index contributed by atoms with van der Waals surface area (Å²) in [5.41, 5.74) is 2.58. The second kappa shape index (κ2) is 6.29. The first-order valence-corrected chi connectivity index (χ1v) is 8.94. The van der Waals surface area contributed by atoms with Crippen LogP contribution in [-0.4, -0.2) is 14.2 Å². The summed E-state index contributed by atoms with van der Waals surface area (Å²) in [6.45, 7) is 0. The monoisotopic (exact) mass is 385 g/mol. The summed E-state index contributed by atoms with van der Waals surface area (Å²) < 4.78 is 6.46. The smallest absolute Gasteiger partial charge is 0.138 e. The van der Waals surface area contributed by atoms with Crippen LogP contribution in [0.2, 0.25) is 5.02 Å². The molecule has 3 rings (SSSR count). The molecule has 1 aromatic carbocycles. The molecule has 0 saturated carbocycles. The maximum atomic E-state index is 6.23. The molecular formula is C16H17BrClNOS. The summed E-state index contributed by atoms with van der Waals surface area (Å²) in [4.78, 5) is 2.86. The number of benzene rings is 1. The number of aryl methyl sites for hydroxylation is 2. The molecule has 1 N–H and O–H groups in total. The topological polar surface area (TPSA) is 21.3 Å². The first-order chi connectivity index (χ1) is 10.1. The maximum absolute atomic E-state index is 6.23. The number of hydrogen-bond donors (Lipinski definition) is 1. The summed E-state index contributed by atoms with van der Waals surface area (Å²) >= 11 is 11.7. The van der Waals surface area contributed by atoms with Gasteiger partial charge in [-0.1, -0.05) is 11.6 Å². The Morgan fingerprint density at radius 3 is 2.81 bits per heavy atom. The van der Waals surface area contributed by atoms with Gasteiger partial charge in [0.1, 0.15) is 5.75 Å². The zero-order valence-corrected chi connectivity index (χ0v) is 15.2. The second-order valence-electron chi connectivity index (χ2n) is 5.18. The molecule has 1 heterocycles. The fourth-order valence-corrected chi connectivity index (χ4v) is 5.34. The fourth-order valence-electron chi connectivity index (χ4n) is 2.96. The lowest BCUT2D eigenvalue weighted by atomic mass is 10.0. The molecule has 21 heavy (non-hydrogen) atoms. The summed E-state index contributed by atoms with van der Waals surface area (Å²) in [5.74, 6) is 0.840. The van der Waals surface area contributed by atoms with Gasteiger partial charge < -0.3 is 10.1 Å². The van der Waals surface area contributed by atoms with Crippen molar-refractivity contribution in [1.29, 1.82) is 0 Å². The predicted octanol–water partition coefficient (Wildman–Crippen LogP) is 4.97. The van der Waals surface area contributed by atoms with Crippen molar-refractivity contribution in [2.24, 2.45) is 0 Å². The van der Waals surface area contributed by atoms with Crippen LogP contribution < -0.4 is 10.1 Å². The van der Waals surface area contributed by atoms with Crippen LogP contribution in [0.5, 0.6) is 5.75 Å². The molecule has 2 aromatic rings. The molecular weight excluding hydrogens is 370 g/mol. The number of fused-ring (bicyclic) bond motifs is 1. The van der Waals surface area contributed by atoms with E-state index < -0.39 is 0 Å². The highest BCUT2D eigenvalue weighted by Gasteiger charge is 2.24. The van der Waals surface area contributed by atoms with Crippen molar-refractivity contribution in [3.8, 4) is 5.75 Å². The summed E-state index contributed by atoms with van der Waals surface area (Å²) in [6.07, 6.45) is 3.71. The van der Waals surface area contributed by atoms with E-state index in [1.165, 1.54) is 34.6 Å². The van der Waals surface area contributed by atoms with Crippen LogP contribution in [0.3, 0.4) is 0 Å². The largest absolute Gasteiger partial charge is 0.495 e. The van der Waals surface area contributed by atoms with Gasteiger partial charge in [0, 0.05) is 20.3 Å². The molecule has 1 aromatic heterocycles. The second-order valence-corrected chi connectivity index (χ2v) is 7.64. The number of rotatable bonds is 4. The Labute approximate surface area is 142 Å². The van der Waals surface area contributed by atoms with Gasteiger partial charge in [0.05, 0.1) is 17.6 Å². The number of methoxy groups -OCH3 is 1. The van der Waals surface area contributed by atoms with Crippen LogP contribution in [0.4, 0.5) is 0 Å². The minimum Gasteiger partial charge on any atom is -0.495 e. The molecule has 0 radical (unpaired) electrons. The minimum atomic E-state index is 0.102. The van der Waals surface area contributed by atoms with Gasteiger partial charge in [0.2, 0.25) is 0 Å². The third-order valence-corrected chi connectivity index (χ3v) is 6.00. The molecule has 0 saturated heterocycles. The number of hydrogen-bond acceptors (Lipinski definition) is 3. The highest BCUT2D eigenvalue weighted by atomic mass is 79.9. The Bertz CT molecular complexity index is 649. The lowest BCUT2D eigenvalue weighted by Crippen LogP contribution is -2.17. The molecule has 112 valence electrons. The van der Waals surface area contributed by atoms with Gasteiger partial charge in [0.15, 0.2) is 0 Å². The van der Waals surface area contributed by atoms with Crippen LogP contribution in [0.15, 0.2) is 22.7 Å². The number of ether oxygens (including phenoxy) is 1. The molecule has 0 aliphatic heterocycles. The fraction of sp³-hybridized carbons (Fsp3) is 0.375. The van der Waals surface area contributed by atoms with E-state index in [4.69, 9.17) is 16.3 Å². The maximum Gasteiger partial charge on any atom is 0.138 e. The molecule has 0 amide bonds. The van der Waals surface area contributed by atoms with Gasteiger partial charge in [-0.2, -0.15) is 0 Å². The van der Waals surface area contributed by atoms with E-state index in [1.807, 2.05) is 30.5 Å². The average molecular weight is 387 g/mol. The van der Waals surface area contributed by atoms with Crippen molar-refractivity contribution >= 4 is 38.9 Å². The number of halogens is 2. The lowest BCUT2D eigenvalue weighted by molar-refractivity contribution is 0.403. The first-order valence-electron chi connectivity index (χ1n) is 6.95. The molecule has 1 atom stereocenters. The van der Waals surface area contributed by atoms with Crippen molar-refractivity contribution in [2.45, 2.75) is 25.3 Å². The minimum absolute atomic E-state index is 0.102. The van der Waals surface area contributed by atoms with Crippen LogP contribution in [-0.2, 0) is 12.8 Å². The molecule has 1 aliphatic rings. The van der Waals surface area contributed by atoms with E-state index in [9.17, 15) is 0 Å². The summed E-state index contributed by atoms with van der Waals surface area (Å²) in [5, 5.41) is 4.11. The molecule has 5 heteroatoms. The third-order valence-electron chi connectivity index (χ3n) is 3.89. The van der Waals surface area contributed by atoms with Gasteiger partial charge >= 0.3 is 0 Å². The third kappa shape index (κ3) is 2.87. The quantitative estimate of drug-likeness (QED) is 0.801. The standard InChI is InChI=1S/C16H17BrClNOS/c1-19-15(14-6-9-4-3-5-13(9)21-14)11-7-10(18)8-12(17)16(11)20-2/h6-8,15,19H,3-5H2,1-2H3. The van der Waals surface area contributed by atoms with E-state index in [2.05, 4.69) is 27.3 Å². The SMILES string of the molecule is CNC(c1cc2c(s1)CCC2)c1cc(Cl)cc(Br)c1OC. The number of nitrogens with one attached hydrogen (secondary N) is 1. The van der Waals surface area contributed by atoms with E-state index in [0.29, 0.717) is 5.02 Å². The highest BCUT2D eigenvalue weighted by molar-refractivity contribution is 9.10. The molecule has 0 fully saturated rings. The normalized spacial score (nSPS) is 15.0. The zero-order valence-electron chi connectivity index (χ0n) is 12.0. The van der Waals surface area contributed by atoms with Crippen molar-refractivity contribution in [1.82, 2.24) is 5.32 Å². The molecule has 0 bridgehead atoms. The van der Waals surface area contributed by atoms with Gasteiger partial charge in [0.25, 0.3) is 0 Å². The summed E-state index contributed by atoms with van der Waals surface area (Å²) in [6, 6.07) is 6.29. The Balaban J connectivity index is 2.07. The van der Waals surface area contributed by atoms with Crippen molar-refractivity contribution in [3.05, 3.63) is 48.6 Å². The number of thiophene rings is 1. The summed E-state index contributed by atoms with van der Waals surface area (Å²) in [7, 11) is 3.67. The van der Waals surface area contributed by atoms with Crippen molar-refractivity contribution in [3.63, 3.8) is 0 Å².